The Balaban J connectivity index is 1.32. The van der Waals surface area contributed by atoms with Gasteiger partial charge in [0.1, 0.15) is 6.54 Å². The highest BCUT2D eigenvalue weighted by molar-refractivity contribution is 9.10. The number of hydrogen-bond donors (Lipinski definition) is 1. The number of halogens is 4. The number of fused-ring (bicyclic) bond motifs is 6. The third kappa shape index (κ3) is 4.24. The highest BCUT2D eigenvalue weighted by atomic mass is 79.9. The highest BCUT2D eigenvalue weighted by Crippen LogP contribution is 2.64. The van der Waals surface area contributed by atoms with Gasteiger partial charge >= 0.3 is 11.0 Å². The lowest BCUT2D eigenvalue weighted by Gasteiger charge is -2.40. The first-order chi connectivity index (χ1) is 17.2. The van der Waals surface area contributed by atoms with Gasteiger partial charge in [-0.3, -0.25) is 14.2 Å². The topological polar surface area (TPSA) is 51.1 Å². The van der Waals surface area contributed by atoms with Gasteiger partial charge in [-0.05, 0) is 72.9 Å². The largest absolute Gasteiger partial charge is 0.416 e. The first-order valence-corrected chi connectivity index (χ1v) is 14.3. The molecule has 188 valence electrons. The lowest BCUT2D eigenvalue weighted by Crippen LogP contribution is -2.34. The number of benzene rings is 2. The van der Waals surface area contributed by atoms with E-state index in [1.807, 2.05) is 12.1 Å². The number of nitrogens with one attached hydrogen (secondary N) is 1. The van der Waals surface area contributed by atoms with E-state index in [-0.39, 0.29) is 23.0 Å². The molecule has 2 heterocycles. The Labute approximate surface area is 222 Å². The van der Waals surface area contributed by atoms with Gasteiger partial charge in [0.25, 0.3) is 0 Å². The van der Waals surface area contributed by atoms with Crippen LogP contribution in [-0.2, 0) is 17.5 Å². The molecule has 0 radical (unpaired) electrons. The van der Waals surface area contributed by atoms with Crippen LogP contribution in [0.1, 0.15) is 41.2 Å². The zero-order valence-corrected chi connectivity index (χ0v) is 22.1. The first-order valence-electron chi connectivity index (χ1n) is 11.8. The number of anilines is 1. The number of aromatic nitrogens is 1. The summed E-state index contributed by atoms with van der Waals surface area (Å²) in [5.41, 5.74) is 0.408. The molecule has 1 amide bonds. The molecule has 1 aliphatic heterocycles. The lowest BCUT2D eigenvalue weighted by atomic mass is 9.75. The van der Waals surface area contributed by atoms with Crippen molar-refractivity contribution < 1.29 is 18.0 Å². The van der Waals surface area contributed by atoms with E-state index in [0.717, 1.165) is 26.5 Å². The summed E-state index contributed by atoms with van der Waals surface area (Å²) < 4.78 is 41.7. The Morgan fingerprint density at radius 3 is 2.61 bits per heavy atom. The van der Waals surface area contributed by atoms with Gasteiger partial charge in [-0.25, -0.2) is 0 Å². The zero-order chi connectivity index (χ0) is 25.2. The van der Waals surface area contributed by atoms with Crippen molar-refractivity contribution in [1.29, 1.82) is 0 Å². The zero-order valence-electron chi connectivity index (χ0n) is 18.9. The van der Waals surface area contributed by atoms with Crippen LogP contribution < -0.4 is 10.2 Å². The van der Waals surface area contributed by atoms with Gasteiger partial charge in [0, 0.05) is 26.2 Å². The third-order valence-electron chi connectivity index (χ3n) is 7.70. The maximum absolute atomic E-state index is 13.1. The van der Waals surface area contributed by atoms with Crippen LogP contribution in [-0.4, -0.2) is 15.7 Å². The van der Waals surface area contributed by atoms with Crippen molar-refractivity contribution >= 4 is 50.6 Å². The molecule has 1 aromatic heterocycles. The van der Waals surface area contributed by atoms with Crippen LogP contribution in [0.15, 0.2) is 62.8 Å². The molecule has 2 fully saturated rings. The third-order valence-corrected chi connectivity index (χ3v) is 11.1. The predicted octanol–water partition coefficient (Wildman–Crippen LogP) is 6.98. The number of nitrogens with zero attached hydrogens (tertiary/aromatic N) is 1. The van der Waals surface area contributed by atoms with Gasteiger partial charge in [0.05, 0.1) is 10.6 Å². The van der Waals surface area contributed by atoms with Crippen molar-refractivity contribution in [2.75, 3.05) is 5.32 Å². The van der Waals surface area contributed by atoms with Crippen LogP contribution >= 0.6 is 39.0 Å². The maximum atomic E-state index is 13.1. The molecule has 4 unspecified atom stereocenters. The molecule has 3 aliphatic rings. The summed E-state index contributed by atoms with van der Waals surface area (Å²) in [7, 11) is 0. The predicted molar refractivity (Wildman–Crippen MR) is 139 cm³/mol. The molecule has 6 rings (SSSR count). The van der Waals surface area contributed by atoms with E-state index in [9.17, 15) is 22.8 Å². The summed E-state index contributed by atoms with van der Waals surface area (Å²) in [5.74, 6) is 1.31. The second-order valence-electron chi connectivity index (χ2n) is 9.77. The van der Waals surface area contributed by atoms with Gasteiger partial charge in [0.15, 0.2) is 0 Å². The van der Waals surface area contributed by atoms with Gasteiger partial charge in [-0.1, -0.05) is 45.5 Å². The molecule has 10 heteroatoms. The molecule has 2 bridgehead atoms. The van der Waals surface area contributed by atoms with Crippen LogP contribution in [0.5, 0.6) is 0 Å². The minimum absolute atomic E-state index is 0.0560. The highest BCUT2D eigenvalue weighted by Gasteiger charge is 2.55. The Kier molecular flexibility index (Phi) is 6.12. The second kappa shape index (κ2) is 9.06. The average molecular weight is 596 g/mol. The lowest BCUT2D eigenvalue weighted by molar-refractivity contribution is -0.137. The van der Waals surface area contributed by atoms with Crippen molar-refractivity contribution in [2.24, 2.45) is 17.8 Å². The van der Waals surface area contributed by atoms with Crippen LogP contribution in [0.3, 0.4) is 0 Å². The summed E-state index contributed by atoms with van der Waals surface area (Å²) in [6, 6.07) is 12.8. The SMILES string of the molecule is O=C(Cn1c2c(sc1=O)[C@H](c1ccc(Br)cc1)C1C3CCC(C3)C1S2)Nc1cccc(C(F)(F)F)c1. The fourth-order valence-corrected chi connectivity index (χ4v) is 9.66. The number of carbonyl (C=O) groups excluding carboxylic acids is 1. The van der Waals surface area contributed by atoms with Gasteiger partial charge < -0.3 is 5.32 Å². The number of hydrogen-bond acceptors (Lipinski definition) is 4. The molecular formula is C26H22BrF3N2O2S2. The van der Waals surface area contributed by atoms with E-state index in [2.05, 4.69) is 33.4 Å². The van der Waals surface area contributed by atoms with E-state index in [1.54, 1.807) is 11.8 Å². The standard InChI is InChI=1S/C26H22BrF3N2O2S2/c27-17-8-6-13(7-9-17)20-21-14-4-5-15(10-14)22(21)35-24-23(20)36-25(34)32(24)12-19(33)31-18-3-1-2-16(11-18)26(28,29)30/h1-3,6-9,11,14-15,20-22H,4-5,10,12H2,(H,31,33)/t14?,15?,20-,21?,22?/m1/s1. The summed E-state index contributed by atoms with van der Waals surface area (Å²) in [6.45, 7) is -0.230. The summed E-state index contributed by atoms with van der Waals surface area (Å²) >= 11 is 6.44. The van der Waals surface area contributed by atoms with E-state index in [4.69, 9.17) is 0 Å². The van der Waals surface area contributed by atoms with Crippen LogP contribution in [0.25, 0.3) is 0 Å². The van der Waals surface area contributed by atoms with Crippen molar-refractivity contribution in [3.63, 3.8) is 0 Å². The monoisotopic (exact) mass is 594 g/mol. The molecule has 2 aromatic carbocycles. The fraction of sp³-hybridized carbons (Fsp3) is 0.385. The number of carbonyl (C=O) groups is 1. The molecule has 4 nitrogen and oxygen atoms in total. The smallest absolute Gasteiger partial charge is 0.325 e. The summed E-state index contributed by atoms with van der Waals surface area (Å²) in [5, 5.41) is 3.78. The van der Waals surface area contributed by atoms with Crippen LogP contribution in [0.4, 0.5) is 18.9 Å². The van der Waals surface area contributed by atoms with Crippen LogP contribution in [0.2, 0.25) is 0 Å². The van der Waals surface area contributed by atoms with Crippen molar-refractivity contribution in [2.45, 2.75) is 48.2 Å². The Bertz CT molecular complexity index is 1390. The number of rotatable bonds is 4. The van der Waals surface area contributed by atoms with Crippen molar-refractivity contribution in [3.8, 4) is 0 Å². The van der Waals surface area contributed by atoms with Gasteiger partial charge in [0.2, 0.25) is 5.91 Å². The average Bonchev–Trinajstić information content (AvgIpc) is 3.52. The minimum Gasteiger partial charge on any atom is -0.325 e. The summed E-state index contributed by atoms with van der Waals surface area (Å²) in [4.78, 5) is 26.8. The molecule has 3 aromatic rings. The molecular weight excluding hydrogens is 573 g/mol. The summed E-state index contributed by atoms with van der Waals surface area (Å²) in [6.07, 6.45) is -0.861. The number of alkyl halides is 3. The molecule has 36 heavy (non-hydrogen) atoms. The Morgan fingerprint density at radius 1 is 1.11 bits per heavy atom. The minimum atomic E-state index is -4.50. The van der Waals surface area contributed by atoms with E-state index in [1.165, 1.54) is 52.9 Å². The second-order valence-corrected chi connectivity index (χ2v) is 12.8. The Morgan fingerprint density at radius 2 is 1.86 bits per heavy atom. The number of amides is 1. The number of thioether (sulfide) groups is 1. The fourth-order valence-electron chi connectivity index (χ4n) is 6.25. The Hall–Kier alpha value is -2.04. The molecule has 2 saturated carbocycles. The molecule has 2 aliphatic carbocycles. The molecule has 1 N–H and O–H groups in total. The molecule has 0 spiro atoms. The van der Waals surface area contributed by atoms with Crippen molar-refractivity contribution in [1.82, 2.24) is 4.57 Å². The quantitative estimate of drug-likeness (QED) is 0.354. The van der Waals surface area contributed by atoms with Crippen LogP contribution in [0, 0.1) is 17.8 Å². The van der Waals surface area contributed by atoms with E-state index in [0.29, 0.717) is 23.0 Å². The molecule has 0 saturated heterocycles. The first kappa shape index (κ1) is 24.3. The van der Waals surface area contributed by atoms with Crippen molar-refractivity contribution in [3.05, 3.63) is 78.7 Å². The van der Waals surface area contributed by atoms with Gasteiger partial charge in [-0.2, -0.15) is 13.2 Å². The van der Waals surface area contributed by atoms with E-state index < -0.39 is 17.6 Å². The normalized spacial score (nSPS) is 26.5. The molecule has 5 atom stereocenters. The van der Waals surface area contributed by atoms with E-state index >= 15 is 0 Å². The maximum Gasteiger partial charge on any atom is 0.416 e. The number of thiazole rings is 1. The van der Waals surface area contributed by atoms with Gasteiger partial charge in [-0.15, -0.1) is 11.8 Å².